The third-order valence-corrected chi connectivity index (χ3v) is 2.60. The first-order chi connectivity index (χ1) is 6.09. The molecule has 0 heteroatoms. The van der Waals surface area contributed by atoms with E-state index in [0.717, 1.165) is 12.8 Å². The minimum absolute atomic E-state index is 0.220. The summed E-state index contributed by atoms with van der Waals surface area (Å²) in [6.45, 7) is 8.93. The van der Waals surface area contributed by atoms with Gasteiger partial charge >= 0.3 is 0 Å². The van der Waals surface area contributed by atoms with Crippen LogP contribution in [0.4, 0.5) is 0 Å². The molecule has 0 radical (unpaired) electrons. The quantitative estimate of drug-likeness (QED) is 0.590. The van der Waals surface area contributed by atoms with Gasteiger partial charge in [0.15, 0.2) is 0 Å². The van der Waals surface area contributed by atoms with Crippen molar-refractivity contribution in [3.05, 3.63) is 35.5 Å². The van der Waals surface area contributed by atoms with Crippen molar-refractivity contribution < 1.29 is 0 Å². The van der Waals surface area contributed by atoms with Crippen molar-refractivity contribution in [2.24, 2.45) is 5.41 Å². The molecule has 0 bridgehead atoms. The molecule has 0 fully saturated rings. The summed E-state index contributed by atoms with van der Waals surface area (Å²) >= 11 is 0. The fourth-order valence-corrected chi connectivity index (χ4v) is 1.59. The zero-order valence-electron chi connectivity index (χ0n) is 9.22. The van der Waals surface area contributed by atoms with Gasteiger partial charge in [0.25, 0.3) is 0 Å². The Morgan fingerprint density at radius 1 is 0.923 bits per heavy atom. The van der Waals surface area contributed by atoms with Gasteiger partial charge in [-0.1, -0.05) is 52.0 Å². The zero-order chi connectivity index (χ0) is 9.90. The van der Waals surface area contributed by atoms with Crippen molar-refractivity contribution in [2.75, 3.05) is 0 Å². The Hall–Kier alpha value is -0.780. The van der Waals surface area contributed by atoms with E-state index in [9.17, 15) is 0 Å². The maximum Gasteiger partial charge on any atom is 0.00108 e. The fraction of sp³-hybridized carbons (Fsp3) is 0.538. The molecular weight excluding hydrogens is 156 g/mol. The summed E-state index contributed by atoms with van der Waals surface area (Å²) in [5.74, 6) is 0. The smallest absolute Gasteiger partial charge is 0.00108 e. The van der Waals surface area contributed by atoms with Gasteiger partial charge in [0.1, 0.15) is 0 Å². The average Bonchev–Trinajstić information content (AvgIpc) is 2.23. The average molecular weight is 176 g/mol. The molecule has 1 rings (SSSR count). The van der Waals surface area contributed by atoms with Crippen molar-refractivity contribution in [3.8, 4) is 0 Å². The zero-order valence-corrected chi connectivity index (χ0v) is 9.22. The molecule has 0 unspecified atom stereocenters. The van der Waals surface area contributed by atoms with E-state index in [1.54, 1.807) is 0 Å². The molecule has 0 aromatic rings. The normalized spacial score (nSPS) is 20.6. The molecule has 13 heavy (non-hydrogen) atoms. The lowest BCUT2D eigenvalue weighted by Gasteiger charge is -2.12. The van der Waals surface area contributed by atoms with Crippen LogP contribution in [0.2, 0.25) is 0 Å². The predicted octanol–water partition coefficient (Wildman–Crippen LogP) is 4.26. The molecule has 1 aliphatic carbocycles. The van der Waals surface area contributed by atoms with E-state index < -0.39 is 0 Å². The largest absolute Gasteiger partial charge is 0.0748 e. The van der Waals surface area contributed by atoms with Gasteiger partial charge < -0.3 is 0 Å². The van der Waals surface area contributed by atoms with Crippen LogP contribution in [0.5, 0.6) is 0 Å². The highest BCUT2D eigenvalue weighted by atomic mass is 14.2. The molecule has 0 nitrogen and oxygen atoms in total. The molecular formula is C13H20. The fourth-order valence-electron chi connectivity index (χ4n) is 1.59. The summed E-state index contributed by atoms with van der Waals surface area (Å²) in [6.07, 6.45) is 11.5. The SMILES string of the molecule is CCC1=C(CC)C=CC(C)(C)C=C1. The molecule has 0 atom stereocenters. The minimum atomic E-state index is 0.220. The summed E-state index contributed by atoms with van der Waals surface area (Å²) in [7, 11) is 0. The van der Waals surface area contributed by atoms with E-state index >= 15 is 0 Å². The summed E-state index contributed by atoms with van der Waals surface area (Å²) in [6, 6.07) is 0. The molecule has 0 aromatic heterocycles. The van der Waals surface area contributed by atoms with Crippen molar-refractivity contribution in [3.63, 3.8) is 0 Å². The van der Waals surface area contributed by atoms with Crippen molar-refractivity contribution in [1.29, 1.82) is 0 Å². The lowest BCUT2D eigenvalue weighted by Crippen LogP contribution is -2.00. The topological polar surface area (TPSA) is 0 Å². The third kappa shape index (κ3) is 2.58. The van der Waals surface area contributed by atoms with Gasteiger partial charge in [-0.3, -0.25) is 0 Å². The molecule has 0 saturated heterocycles. The van der Waals surface area contributed by atoms with E-state index in [4.69, 9.17) is 0 Å². The molecule has 0 heterocycles. The molecule has 72 valence electrons. The first-order valence-corrected chi connectivity index (χ1v) is 5.19. The van der Waals surface area contributed by atoms with Crippen LogP contribution in [0.1, 0.15) is 40.5 Å². The minimum Gasteiger partial charge on any atom is -0.0748 e. The standard InChI is InChI=1S/C13H20/c1-5-11-7-9-13(3,4)10-8-12(11)6-2/h7-10H,5-6H2,1-4H3. The van der Waals surface area contributed by atoms with Gasteiger partial charge in [-0.25, -0.2) is 0 Å². The van der Waals surface area contributed by atoms with Crippen molar-refractivity contribution >= 4 is 0 Å². The molecule has 0 saturated carbocycles. The summed E-state index contributed by atoms with van der Waals surface area (Å²) in [5, 5.41) is 0. The van der Waals surface area contributed by atoms with E-state index in [1.807, 2.05) is 0 Å². The van der Waals surface area contributed by atoms with Crippen molar-refractivity contribution in [1.82, 2.24) is 0 Å². The summed E-state index contributed by atoms with van der Waals surface area (Å²) in [5.41, 5.74) is 3.20. The number of rotatable bonds is 2. The monoisotopic (exact) mass is 176 g/mol. The Morgan fingerprint density at radius 3 is 1.62 bits per heavy atom. The highest BCUT2D eigenvalue weighted by Crippen LogP contribution is 2.27. The van der Waals surface area contributed by atoms with Gasteiger partial charge in [0.2, 0.25) is 0 Å². The van der Waals surface area contributed by atoms with Crippen molar-refractivity contribution in [2.45, 2.75) is 40.5 Å². The Labute approximate surface area is 82.0 Å². The number of allylic oxidation sites excluding steroid dienone is 6. The molecule has 0 amide bonds. The van der Waals surface area contributed by atoms with Crippen LogP contribution in [0, 0.1) is 5.41 Å². The molecule has 0 spiro atoms. The van der Waals surface area contributed by atoms with Crippen LogP contribution < -0.4 is 0 Å². The lowest BCUT2D eigenvalue weighted by molar-refractivity contribution is 0.626. The van der Waals surface area contributed by atoms with E-state index in [0.29, 0.717) is 0 Å². The van der Waals surface area contributed by atoms with Crippen LogP contribution in [0.25, 0.3) is 0 Å². The molecule has 0 aromatic carbocycles. The van der Waals surface area contributed by atoms with Crippen LogP contribution in [-0.2, 0) is 0 Å². The molecule has 0 N–H and O–H groups in total. The highest BCUT2D eigenvalue weighted by molar-refractivity contribution is 5.37. The first kappa shape index (κ1) is 10.3. The second-order valence-corrected chi connectivity index (χ2v) is 4.25. The lowest BCUT2D eigenvalue weighted by atomic mass is 9.93. The van der Waals surface area contributed by atoms with Gasteiger partial charge in [0.05, 0.1) is 0 Å². The Kier molecular flexibility index (Phi) is 3.13. The Bertz CT molecular complexity index is 236. The van der Waals surface area contributed by atoms with Gasteiger partial charge in [-0.2, -0.15) is 0 Å². The summed E-state index contributed by atoms with van der Waals surface area (Å²) in [4.78, 5) is 0. The van der Waals surface area contributed by atoms with Gasteiger partial charge in [-0.05, 0) is 24.0 Å². The highest BCUT2D eigenvalue weighted by Gasteiger charge is 2.12. The van der Waals surface area contributed by atoms with Crippen LogP contribution in [0.3, 0.4) is 0 Å². The maximum absolute atomic E-state index is 2.30. The van der Waals surface area contributed by atoms with E-state index in [1.165, 1.54) is 11.1 Å². The second-order valence-electron chi connectivity index (χ2n) is 4.25. The van der Waals surface area contributed by atoms with E-state index in [-0.39, 0.29) is 5.41 Å². The molecule has 1 aliphatic rings. The van der Waals surface area contributed by atoms with Gasteiger partial charge in [0, 0.05) is 5.41 Å². The molecule has 0 aliphatic heterocycles. The van der Waals surface area contributed by atoms with Crippen LogP contribution in [0.15, 0.2) is 35.5 Å². The third-order valence-electron chi connectivity index (χ3n) is 2.60. The second kappa shape index (κ2) is 3.95. The number of hydrogen-bond acceptors (Lipinski definition) is 0. The first-order valence-electron chi connectivity index (χ1n) is 5.19. The van der Waals surface area contributed by atoms with Gasteiger partial charge in [-0.15, -0.1) is 0 Å². The maximum atomic E-state index is 2.30. The van der Waals surface area contributed by atoms with E-state index in [2.05, 4.69) is 52.0 Å². The van der Waals surface area contributed by atoms with Crippen LogP contribution >= 0.6 is 0 Å². The Morgan fingerprint density at radius 2 is 1.31 bits per heavy atom. The Balaban J connectivity index is 3.02. The summed E-state index contributed by atoms with van der Waals surface area (Å²) < 4.78 is 0. The van der Waals surface area contributed by atoms with Crippen LogP contribution in [-0.4, -0.2) is 0 Å². The predicted molar refractivity (Wildman–Crippen MR) is 59.7 cm³/mol. The number of hydrogen-bond donors (Lipinski definition) is 0.